The average Bonchev–Trinajstić information content (AvgIpc) is 2.49. The number of hydrogen-bond acceptors (Lipinski definition) is 4. The van der Waals surface area contributed by atoms with Crippen LogP contribution in [-0.4, -0.2) is 20.1 Å². The Hall–Kier alpha value is -2.21. The second-order valence-electron chi connectivity index (χ2n) is 4.26. The van der Waals surface area contributed by atoms with Crippen molar-refractivity contribution in [1.29, 1.82) is 0 Å². The Morgan fingerprint density at radius 2 is 1.90 bits per heavy atom. The molecule has 0 aromatic heterocycles. The summed E-state index contributed by atoms with van der Waals surface area (Å²) in [5, 5.41) is 2.79. The quantitative estimate of drug-likeness (QED) is 0.829. The maximum Gasteiger partial charge on any atom is 0.256 e. The standard InChI is InChI=1S/C15H15BrN2O3/c1-20-10-4-6-13(14(8-10)21-2)18-15(19)11-7-9(17)3-5-12(11)16/h3-8H,17H2,1-2H3,(H,18,19). The zero-order chi connectivity index (χ0) is 15.4. The number of methoxy groups -OCH3 is 2. The van der Waals surface area contributed by atoms with Crippen molar-refractivity contribution in [3.05, 3.63) is 46.4 Å². The van der Waals surface area contributed by atoms with Gasteiger partial charge in [0.15, 0.2) is 0 Å². The van der Waals surface area contributed by atoms with E-state index in [0.717, 1.165) is 0 Å². The molecular formula is C15H15BrN2O3. The summed E-state index contributed by atoms with van der Waals surface area (Å²) in [6.07, 6.45) is 0. The lowest BCUT2D eigenvalue weighted by Crippen LogP contribution is -2.13. The molecule has 2 aromatic rings. The molecule has 21 heavy (non-hydrogen) atoms. The molecule has 0 fully saturated rings. The first-order valence-corrected chi connectivity index (χ1v) is 6.93. The van der Waals surface area contributed by atoms with Gasteiger partial charge in [0.1, 0.15) is 11.5 Å². The predicted octanol–water partition coefficient (Wildman–Crippen LogP) is 3.30. The number of halogens is 1. The highest BCUT2D eigenvalue weighted by Crippen LogP contribution is 2.30. The summed E-state index contributed by atoms with van der Waals surface area (Å²) in [5.74, 6) is 0.885. The Balaban J connectivity index is 2.29. The normalized spacial score (nSPS) is 10.0. The molecule has 0 spiro atoms. The fourth-order valence-electron chi connectivity index (χ4n) is 1.81. The largest absolute Gasteiger partial charge is 0.497 e. The van der Waals surface area contributed by atoms with E-state index >= 15 is 0 Å². The van der Waals surface area contributed by atoms with Crippen LogP contribution in [0.4, 0.5) is 11.4 Å². The van der Waals surface area contributed by atoms with Gasteiger partial charge in [0.05, 0.1) is 25.5 Å². The van der Waals surface area contributed by atoms with Crippen molar-refractivity contribution in [3.8, 4) is 11.5 Å². The van der Waals surface area contributed by atoms with Crippen LogP contribution in [-0.2, 0) is 0 Å². The van der Waals surface area contributed by atoms with Crippen LogP contribution >= 0.6 is 15.9 Å². The van der Waals surface area contributed by atoms with E-state index in [1.807, 2.05) is 0 Å². The summed E-state index contributed by atoms with van der Waals surface area (Å²) in [6, 6.07) is 10.2. The minimum Gasteiger partial charge on any atom is -0.497 e. The van der Waals surface area contributed by atoms with Crippen molar-refractivity contribution in [2.75, 3.05) is 25.3 Å². The van der Waals surface area contributed by atoms with Crippen molar-refractivity contribution in [3.63, 3.8) is 0 Å². The van der Waals surface area contributed by atoms with Gasteiger partial charge in [0.25, 0.3) is 5.91 Å². The number of carbonyl (C=O) groups excluding carboxylic acids is 1. The molecule has 0 bridgehead atoms. The molecule has 6 heteroatoms. The van der Waals surface area contributed by atoms with E-state index in [4.69, 9.17) is 15.2 Å². The fourth-order valence-corrected chi connectivity index (χ4v) is 2.24. The molecule has 0 unspecified atom stereocenters. The first-order chi connectivity index (χ1) is 10.0. The fraction of sp³-hybridized carbons (Fsp3) is 0.133. The molecule has 0 saturated carbocycles. The third-order valence-corrected chi connectivity index (χ3v) is 3.58. The van der Waals surface area contributed by atoms with Crippen molar-refractivity contribution in [2.45, 2.75) is 0 Å². The number of nitrogens with one attached hydrogen (secondary N) is 1. The van der Waals surface area contributed by atoms with Gasteiger partial charge in [-0.25, -0.2) is 0 Å². The summed E-state index contributed by atoms with van der Waals surface area (Å²) in [5.41, 5.74) is 7.23. The van der Waals surface area contributed by atoms with Gasteiger partial charge in [-0.1, -0.05) is 0 Å². The van der Waals surface area contributed by atoms with Gasteiger partial charge in [-0.2, -0.15) is 0 Å². The maximum atomic E-state index is 12.3. The molecule has 2 rings (SSSR count). The van der Waals surface area contributed by atoms with Crippen molar-refractivity contribution >= 4 is 33.2 Å². The van der Waals surface area contributed by atoms with E-state index in [1.54, 1.807) is 43.5 Å². The van der Waals surface area contributed by atoms with Gasteiger partial charge in [-0.3, -0.25) is 4.79 Å². The van der Waals surface area contributed by atoms with Crippen LogP contribution in [0.1, 0.15) is 10.4 Å². The SMILES string of the molecule is COc1ccc(NC(=O)c2cc(N)ccc2Br)c(OC)c1. The van der Waals surface area contributed by atoms with Gasteiger partial charge in [-0.15, -0.1) is 0 Å². The Morgan fingerprint density at radius 1 is 1.14 bits per heavy atom. The molecule has 0 aliphatic heterocycles. The van der Waals surface area contributed by atoms with Crippen molar-refractivity contribution in [1.82, 2.24) is 0 Å². The van der Waals surface area contributed by atoms with E-state index < -0.39 is 0 Å². The lowest BCUT2D eigenvalue weighted by Gasteiger charge is -2.12. The molecule has 2 aromatic carbocycles. The smallest absolute Gasteiger partial charge is 0.256 e. The number of hydrogen-bond donors (Lipinski definition) is 2. The van der Waals surface area contributed by atoms with E-state index in [1.165, 1.54) is 7.11 Å². The van der Waals surface area contributed by atoms with Gasteiger partial charge < -0.3 is 20.5 Å². The highest BCUT2D eigenvalue weighted by atomic mass is 79.9. The second-order valence-corrected chi connectivity index (χ2v) is 5.11. The zero-order valence-electron chi connectivity index (χ0n) is 11.6. The molecular weight excluding hydrogens is 336 g/mol. The predicted molar refractivity (Wildman–Crippen MR) is 86.1 cm³/mol. The van der Waals surface area contributed by atoms with Crippen LogP contribution in [0.25, 0.3) is 0 Å². The highest BCUT2D eigenvalue weighted by molar-refractivity contribution is 9.10. The summed E-state index contributed by atoms with van der Waals surface area (Å²) in [6.45, 7) is 0. The number of anilines is 2. The third kappa shape index (κ3) is 3.46. The highest BCUT2D eigenvalue weighted by Gasteiger charge is 2.13. The molecule has 3 N–H and O–H groups in total. The first kappa shape index (κ1) is 15.2. The van der Waals surface area contributed by atoms with Crippen molar-refractivity contribution < 1.29 is 14.3 Å². The van der Waals surface area contributed by atoms with Crippen LogP contribution in [0.15, 0.2) is 40.9 Å². The van der Waals surface area contributed by atoms with Gasteiger partial charge in [0.2, 0.25) is 0 Å². The number of nitrogen functional groups attached to an aromatic ring is 1. The van der Waals surface area contributed by atoms with Gasteiger partial charge in [0, 0.05) is 16.2 Å². The number of benzene rings is 2. The van der Waals surface area contributed by atoms with Crippen LogP contribution in [0.5, 0.6) is 11.5 Å². The lowest BCUT2D eigenvalue weighted by molar-refractivity contribution is 0.102. The monoisotopic (exact) mass is 350 g/mol. The number of ether oxygens (including phenoxy) is 2. The molecule has 0 atom stereocenters. The summed E-state index contributed by atoms with van der Waals surface area (Å²) in [4.78, 5) is 12.3. The van der Waals surface area contributed by atoms with Crippen LogP contribution in [0.3, 0.4) is 0 Å². The molecule has 0 aliphatic rings. The van der Waals surface area contributed by atoms with Gasteiger partial charge >= 0.3 is 0 Å². The minimum absolute atomic E-state index is 0.280. The zero-order valence-corrected chi connectivity index (χ0v) is 13.2. The maximum absolute atomic E-state index is 12.3. The van der Waals surface area contributed by atoms with E-state index in [0.29, 0.717) is 32.9 Å². The molecule has 0 aliphatic carbocycles. The molecule has 0 saturated heterocycles. The Bertz CT molecular complexity index is 674. The summed E-state index contributed by atoms with van der Waals surface area (Å²) >= 11 is 3.34. The molecule has 0 heterocycles. The minimum atomic E-state index is -0.280. The lowest BCUT2D eigenvalue weighted by atomic mass is 10.2. The number of amides is 1. The van der Waals surface area contributed by atoms with Crippen LogP contribution in [0.2, 0.25) is 0 Å². The third-order valence-electron chi connectivity index (χ3n) is 2.89. The topological polar surface area (TPSA) is 73.6 Å². The van der Waals surface area contributed by atoms with Gasteiger partial charge in [-0.05, 0) is 46.3 Å². The number of nitrogens with two attached hydrogens (primary N) is 1. The Labute approximate surface area is 131 Å². The molecule has 110 valence electrons. The average molecular weight is 351 g/mol. The summed E-state index contributed by atoms with van der Waals surface area (Å²) < 4.78 is 11.0. The molecule has 5 nitrogen and oxygen atoms in total. The molecule has 0 radical (unpaired) electrons. The summed E-state index contributed by atoms with van der Waals surface area (Å²) in [7, 11) is 3.09. The first-order valence-electron chi connectivity index (χ1n) is 6.13. The number of carbonyl (C=O) groups is 1. The van der Waals surface area contributed by atoms with E-state index in [-0.39, 0.29) is 5.91 Å². The van der Waals surface area contributed by atoms with E-state index in [9.17, 15) is 4.79 Å². The second kappa shape index (κ2) is 6.49. The van der Waals surface area contributed by atoms with Crippen LogP contribution in [0, 0.1) is 0 Å². The van der Waals surface area contributed by atoms with Crippen molar-refractivity contribution in [2.24, 2.45) is 0 Å². The molecule has 1 amide bonds. The van der Waals surface area contributed by atoms with Crippen LogP contribution < -0.4 is 20.5 Å². The Morgan fingerprint density at radius 3 is 2.57 bits per heavy atom. The van der Waals surface area contributed by atoms with E-state index in [2.05, 4.69) is 21.2 Å². The Kier molecular flexibility index (Phi) is 4.70. The number of rotatable bonds is 4.